The summed E-state index contributed by atoms with van der Waals surface area (Å²) in [6.45, 7) is 4.27. The molecule has 1 aromatic heterocycles. The van der Waals surface area contributed by atoms with E-state index < -0.39 is 0 Å². The topological polar surface area (TPSA) is 24.9 Å². The van der Waals surface area contributed by atoms with Gasteiger partial charge in [0, 0.05) is 18.4 Å². The summed E-state index contributed by atoms with van der Waals surface area (Å²) in [4.78, 5) is 4.11. The highest BCUT2D eigenvalue weighted by atomic mass is 14.9. The molecule has 0 amide bonds. The van der Waals surface area contributed by atoms with E-state index >= 15 is 0 Å². The van der Waals surface area contributed by atoms with Gasteiger partial charge >= 0.3 is 0 Å². The third-order valence-electron chi connectivity index (χ3n) is 2.37. The van der Waals surface area contributed by atoms with Gasteiger partial charge in [0.05, 0.1) is 0 Å². The van der Waals surface area contributed by atoms with E-state index in [1.165, 1.54) is 11.1 Å². The maximum Gasteiger partial charge on any atom is 0.0299 e. The molecule has 0 aliphatic rings. The fraction of sp³-hybridized carbons (Fsp3) is 0.462. The first-order valence-corrected chi connectivity index (χ1v) is 5.43. The van der Waals surface area contributed by atoms with Crippen molar-refractivity contribution in [3.05, 3.63) is 41.7 Å². The lowest BCUT2D eigenvalue weighted by atomic mass is 10.1. The quantitative estimate of drug-likeness (QED) is 0.746. The predicted molar refractivity (Wildman–Crippen MR) is 64.8 cm³/mol. The summed E-state index contributed by atoms with van der Waals surface area (Å²) in [6, 6.07) is 4.59. The van der Waals surface area contributed by atoms with Crippen molar-refractivity contribution in [3.8, 4) is 0 Å². The number of likely N-dealkylation sites (N-methyl/N-ethyl adjacent to an activating group) is 1. The molecule has 0 spiro atoms. The average molecular weight is 204 g/mol. The maximum atomic E-state index is 4.11. The van der Waals surface area contributed by atoms with Crippen molar-refractivity contribution in [2.45, 2.75) is 32.7 Å². The molecule has 2 nitrogen and oxygen atoms in total. The molecule has 2 heteroatoms. The lowest BCUT2D eigenvalue weighted by molar-refractivity contribution is 0.610. The lowest BCUT2D eigenvalue weighted by Gasteiger charge is -2.12. The highest BCUT2D eigenvalue weighted by Gasteiger charge is 2.02. The summed E-state index contributed by atoms with van der Waals surface area (Å²) >= 11 is 0. The van der Waals surface area contributed by atoms with Crippen molar-refractivity contribution >= 4 is 0 Å². The summed E-state index contributed by atoms with van der Waals surface area (Å²) in [7, 11) is 2.01. The number of allylic oxidation sites excluding steroid dienone is 1. The minimum Gasteiger partial charge on any atom is -0.314 e. The summed E-state index contributed by atoms with van der Waals surface area (Å²) in [5.74, 6) is 0. The van der Waals surface area contributed by atoms with E-state index in [0.29, 0.717) is 6.04 Å². The van der Waals surface area contributed by atoms with Crippen LogP contribution >= 0.6 is 0 Å². The molecule has 82 valence electrons. The Labute approximate surface area is 92.4 Å². The van der Waals surface area contributed by atoms with E-state index in [2.05, 4.69) is 36.3 Å². The van der Waals surface area contributed by atoms with Gasteiger partial charge in [-0.25, -0.2) is 0 Å². The second kappa shape index (κ2) is 6.36. The van der Waals surface area contributed by atoms with Crippen LogP contribution in [0.5, 0.6) is 0 Å². The van der Waals surface area contributed by atoms with Crippen molar-refractivity contribution in [3.63, 3.8) is 0 Å². The van der Waals surface area contributed by atoms with Gasteiger partial charge in [0.25, 0.3) is 0 Å². The summed E-state index contributed by atoms with van der Waals surface area (Å²) in [6.07, 6.45) is 8.22. The Morgan fingerprint density at radius 1 is 1.53 bits per heavy atom. The number of aryl methyl sites for hydroxylation is 1. The van der Waals surface area contributed by atoms with Crippen LogP contribution in [-0.2, 0) is 6.42 Å². The highest BCUT2D eigenvalue weighted by molar-refractivity contribution is 5.10. The first-order valence-electron chi connectivity index (χ1n) is 5.43. The van der Waals surface area contributed by atoms with Gasteiger partial charge in [0.15, 0.2) is 0 Å². The molecular weight excluding hydrogens is 184 g/mol. The minimum atomic E-state index is 0.468. The molecular formula is C13H20N2. The van der Waals surface area contributed by atoms with Crippen molar-refractivity contribution in [2.24, 2.45) is 0 Å². The lowest BCUT2D eigenvalue weighted by Crippen LogP contribution is -2.23. The van der Waals surface area contributed by atoms with Crippen LogP contribution in [0, 0.1) is 0 Å². The third-order valence-corrected chi connectivity index (χ3v) is 2.37. The van der Waals surface area contributed by atoms with Gasteiger partial charge in [0.1, 0.15) is 0 Å². The zero-order valence-corrected chi connectivity index (χ0v) is 9.83. The van der Waals surface area contributed by atoms with E-state index in [-0.39, 0.29) is 0 Å². The minimum absolute atomic E-state index is 0.468. The van der Waals surface area contributed by atoms with Gasteiger partial charge in [-0.1, -0.05) is 17.7 Å². The van der Waals surface area contributed by atoms with Crippen LogP contribution in [0.15, 0.2) is 36.2 Å². The molecule has 0 aliphatic carbocycles. The predicted octanol–water partition coefficient (Wildman–Crippen LogP) is 2.57. The number of aromatic nitrogens is 1. The number of nitrogens with one attached hydrogen (secondary N) is 1. The van der Waals surface area contributed by atoms with Crippen LogP contribution < -0.4 is 5.32 Å². The van der Waals surface area contributed by atoms with Crippen LogP contribution in [0.2, 0.25) is 0 Å². The second-order valence-electron chi connectivity index (χ2n) is 4.04. The van der Waals surface area contributed by atoms with Crippen LogP contribution in [0.25, 0.3) is 0 Å². The SMILES string of the molecule is CNC(C=C(C)C)CCc1cccnc1. The largest absolute Gasteiger partial charge is 0.314 e. The Morgan fingerprint density at radius 2 is 2.33 bits per heavy atom. The normalized spacial score (nSPS) is 12.2. The summed E-state index contributed by atoms with van der Waals surface area (Å²) < 4.78 is 0. The summed E-state index contributed by atoms with van der Waals surface area (Å²) in [5.41, 5.74) is 2.67. The highest BCUT2D eigenvalue weighted by Crippen LogP contribution is 2.05. The molecule has 0 fully saturated rings. The Morgan fingerprint density at radius 3 is 2.87 bits per heavy atom. The number of nitrogens with zero attached hydrogens (tertiary/aromatic N) is 1. The molecule has 15 heavy (non-hydrogen) atoms. The Hall–Kier alpha value is -1.15. The Bertz CT molecular complexity index is 300. The van der Waals surface area contributed by atoms with Crippen LogP contribution in [-0.4, -0.2) is 18.1 Å². The van der Waals surface area contributed by atoms with Gasteiger partial charge in [0.2, 0.25) is 0 Å². The zero-order chi connectivity index (χ0) is 11.1. The van der Waals surface area contributed by atoms with Crippen molar-refractivity contribution < 1.29 is 0 Å². The molecule has 1 N–H and O–H groups in total. The van der Waals surface area contributed by atoms with E-state index in [9.17, 15) is 0 Å². The number of pyridine rings is 1. The van der Waals surface area contributed by atoms with Gasteiger partial charge in [-0.2, -0.15) is 0 Å². The van der Waals surface area contributed by atoms with Crippen LogP contribution in [0.4, 0.5) is 0 Å². The molecule has 1 aromatic rings. The first kappa shape index (κ1) is 11.9. The van der Waals surface area contributed by atoms with Crippen LogP contribution in [0.1, 0.15) is 25.8 Å². The second-order valence-corrected chi connectivity index (χ2v) is 4.04. The zero-order valence-electron chi connectivity index (χ0n) is 9.83. The first-order chi connectivity index (χ1) is 7.22. The molecule has 1 atom stereocenters. The van der Waals surface area contributed by atoms with Gasteiger partial charge in [-0.05, 0) is 45.4 Å². The van der Waals surface area contributed by atoms with E-state index in [1.807, 2.05) is 25.5 Å². The number of hydrogen-bond acceptors (Lipinski definition) is 2. The standard InChI is InChI=1S/C13H20N2/c1-11(2)9-13(14-3)7-6-12-5-4-8-15-10-12/h4-5,8-10,13-14H,6-7H2,1-3H3. The molecule has 0 saturated carbocycles. The maximum absolute atomic E-state index is 4.11. The van der Waals surface area contributed by atoms with Gasteiger partial charge < -0.3 is 5.32 Å². The fourth-order valence-corrected chi connectivity index (χ4v) is 1.58. The molecule has 1 heterocycles. The van der Waals surface area contributed by atoms with E-state index in [1.54, 1.807) is 0 Å². The Kier molecular flexibility index (Phi) is 5.05. The molecule has 1 unspecified atom stereocenters. The molecule has 0 radical (unpaired) electrons. The average Bonchev–Trinajstić information content (AvgIpc) is 2.25. The van der Waals surface area contributed by atoms with E-state index in [0.717, 1.165) is 12.8 Å². The number of hydrogen-bond donors (Lipinski definition) is 1. The molecule has 0 aliphatic heterocycles. The Balaban J connectivity index is 2.45. The number of rotatable bonds is 5. The molecule has 1 rings (SSSR count). The smallest absolute Gasteiger partial charge is 0.0299 e. The molecule has 0 saturated heterocycles. The summed E-state index contributed by atoms with van der Waals surface area (Å²) in [5, 5.41) is 3.31. The fourth-order valence-electron chi connectivity index (χ4n) is 1.58. The van der Waals surface area contributed by atoms with E-state index in [4.69, 9.17) is 0 Å². The molecule has 0 aromatic carbocycles. The van der Waals surface area contributed by atoms with Crippen molar-refractivity contribution in [2.75, 3.05) is 7.05 Å². The van der Waals surface area contributed by atoms with Crippen molar-refractivity contribution in [1.29, 1.82) is 0 Å². The third kappa shape index (κ3) is 4.75. The van der Waals surface area contributed by atoms with Crippen LogP contribution in [0.3, 0.4) is 0 Å². The molecule has 0 bridgehead atoms. The van der Waals surface area contributed by atoms with Crippen molar-refractivity contribution in [1.82, 2.24) is 10.3 Å². The van der Waals surface area contributed by atoms with Gasteiger partial charge in [-0.3, -0.25) is 4.98 Å². The monoisotopic (exact) mass is 204 g/mol. The van der Waals surface area contributed by atoms with Gasteiger partial charge in [-0.15, -0.1) is 0 Å².